The molecule has 0 aliphatic carbocycles. The predicted molar refractivity (Wildman–Crippen MR) is 130 cm³/mol. The predicted octanol–water partition coefficient (Wildman–Crippen LogP) is 4.70. The number of nitrogens with one attached hydrogen (secondary N) is 1. The molecule has 0 bridgehead atoms. The number of unbranched alkanes of at least 4 members (excludes halogenated alkanes) is 1. The lowest BCUT2D eigenvalue weighted by Crippen LogP contribution is -2.47. The number of amides is 1. The Balaban J connectivity index is 1.49. The lowest BCUT2D eigenvalue weighted by molar-refractivity contribution is 0.0921. The highest BCUT2D eigenvalue weighted by molar-refractivity contribution is 7.99. The molecule has 2 aromatic carbocycles. The fourth-order valence-corrected chi connectivity index (χ4v) is 5.39. The van der Waals surface area contributed by atoms with E-state index in [1.54, 1.807) is 18.9 Å². The molecule has 172 valence electrons. The van der Waals surface area contributed by atoms with Crippen LogP contribution in [0.1, 0.15) is 53.7 Å². The van der Waals surface area contributed by atoms with Crippen LogP contribution < -0.4 is 14.8 Å². The van der Waals surface area contributed by atoms with Gasteiger partial charge >= 0.3 is 0 Å². The Kier molecular flexibility index (Phi) is 7.63. The molecule has 6 heteroatoms. The number of rotatable bonds is 9. The van der Waals surface area contributed by atoms with Gasteiger partial charge in [-0.1, -0.05) is 26.3 Å². The van der Waals surface area contributed by atoms with Gasteiger partial charge in [-0.2, -0.15) is 0 Å². The van der Waals surface area contributed by atoms with E-state index in [1.165, 1.54) is 11.1 Å². The van der Waals surface area contributed by atoms with E-state index in [4.69, 9.17) is 9.47 Å². The van der Waals surface area contributed by atoms with Gasteiger partial charge in [-0.25, -0.2) is 0 Å². The number of hydrogen-bond donors (Lipinski definition) is 1. The molecule has 1 amide bonds. The lowest BCUT2D eigenvalue weighted by Gasteiger charge is -2.37. The van der Waals surface area contributed by atoms with E-state index in [2.05, 4.69) is 42.3 Å². The monoisotopic (exact) mass is 454 g/mol. The first-order valence-corrected chi connectivity index (χ1v) is 12.7. The van der Waals surface area contributed by atoms with E-state index in [0.29, 0.717) is 18.7 Å². The zero-order chi connectivity index (χ0) is 22.5. The van der Waals surface area contributed by atoms with Crippen molar-refractivity contribution in [3.05, 3.63) is 52.6 Å². The number of benzene rings is 2. The van der Waals surface area contributed by atoms with E-state index >= 15 is 0 Å². The Morgan fingerprint density at radius 1 is 1.22 bits per heavy atom. The maximum Gasteiger partial charge on any atom is 0.255 e. The molecule has 1 N–H and O–H groups in total. The minimum Gasteiger partial charge on any atom is -0.497 e. The van der Waals surface area contributed by atoms with Crippen molar-refractivity contribution in [2.75, 3.05) is 32.6 Å². The molecule has 0 unspecified atom stereocenters. The summed E-state index contributed by atoms with van der Waals surface area (Å²) >= 11 is 1.77. The van der Waals surface area contributed by atoms with Crippen LogP contribution in [0.3, 0.4) is 0 Å². The van der Waals surface area contributed by atoms with Crippen molar-refractivity contribution in [3.63, 3.8) is 0 Å². The van der Waals surface area contributed by atoms with Gasteiger partial charge in [0.05, 0.1) is 19.3 Å². The highest BCUT2D eigenvalue weighted by atomic mass is 32.2. The van der Waals surface area contributed by atoms with Crippen LogP contribution >= 0.6 is 11.8 Å². The Morgan fingerprint density at radius 3 is 2.88 bits per heavy atom. The number of carbonyl (C=O) groups is 1. The molecule has 0 fully saturated rings. The highest BCUT2D eigenvalue weighted by Crippen LogP contribution is 2.34. The molecule has 2 heterocycles. The lowest BCUT2D eigenvalue weighted by atomic mass is 9.93. The fourth-order valence-electron chi connectivity index (χ4n) is 4.63. The number of ether oxygens (including phenoxy) is 2. The van der Waals surface area contributed by atoms with Crippen LogP contribution in [0.5, 0.6) is 11.5 Å². The second kappa shape index (κ2) is 10.6. The van der Waals surface area contributed by atoms with E-state index in [-0.39, 0.29) is 11.9 Å². The van der Waals surface area contributed by atoms with Crippen LogP contribution in [-0.2, 0) is 19.4 Å². The summed E-state index contributed by atoms with van der Waals surface area (Å²) in [6, 6.07) is 10.8. The van der Waals surface area contributed by atoms with Crippen LogP contribution in [-0.4, -0.2) is 49.4 Å². The molecule has 0 aromatic heterocycles. The topological polar surface area (TPSA) is 50.8 Å². The first kappa shape index (κ1) is 23.0. The van der Waals surface area contributed by atoms with Crippen LogP contribution in [0.2, 0.25) is 0 Å². The van der Waals surface area contributed by atoms with Crippen molar-refractivity contribution in [1.29, 1.82) is 0 Å². The Labute approximate surface area is 195 Å². The molecule has 0 radical (unpaired) electrons. The van der Waals surface area contributed by atoms with Gasteiger partial charge in [0.25, 0.3) is 5.91 Å². The Morgan fingerprint density at radius 2 is 2.09 bits per heavy atom. The summed E-state index contributed by atoms with van der Waals surface area (Å²) in [6.07, 6.45) is 4.12. The molecule has 0 spiro atoms. The molecule has 2 aromatic rings. The summed E-state index contributed by atoms with van der Waals surface area (Å²) in [5, 5.41) is 3.23. The third kappa shape index (κ3) is 5.07. The van der Waals surface area contributed by atoms with Gasteiger partial charge < -0.3 is 14.8 Å². The molecule has 2 aliphatic rings. The van der Waals surface area contributed by atoms with Crippen LogP contribution in [0.15, 0.2) is 35.2 Å². The zero-order valence-electron chi connectivity index (χ0n) is 19.4. The van der Waals surface area contributed by atoms with Crippen molar-refractivity contribution < 1.29 is 14.3 Å². The summed E-state index contributed by atoms with van der Waals surface area (Å²) in [7, 11) is 1.71. The number of methoxy groups -OCH3 is 1. The van der Waals surface area contributed by atoms with Gasteiger partial charge in [0.2, 0.25) is 0 Å². The molecule has 5 nitrogen and oxygen atoms in total. The van der Waals surface area contributed by atoms with Gasteiger partial charge in [0, 0.05) is 30.4 Å². The van der Waals surface area contributed by atoms with E-state index in [1.807, 2.05) is 12.1 Å². The number of hydrogen-bond acceptors (Lipinski definition) is 5. The van der Waals surface area contributed by atoms with Crippen molar-refractivity contribution in [2.24, 2.45) is 0 Å². The average molecular weight is 455 g/mol. The van der Waals surface area contributed by atoms with Crippen LogP contribution in [0.25, 0.3) is 0 Å². The van der Waals surface area contributed by atoms with Gasteiger partial charge in [-0.15, -0.1) is 11.8 Å². The fraction of sp³-hybridized carbons (Fsp3) is 0.500. The van der Waals surface area contributed by atoms with Gasteiger partial charge in [0.15, 0.2) is 0 Å². The van der Waals surface area contributed by atoms with Crippen molar-refractivity contribution in [1.82, 2.24) is 10.2 Å². The molecule has 4 rings (SSSR count). The molecular formula is C26H34N2O3S. The third-order valence-electron chi connectivity index (χ3n) is 6.37. The second-order valence-corrected chi connectivity index (χ2v) is 9.85. The van der Waals surface area contributed by atoms with Crippen molar-refractivity contribution >= 4 is 17.7 Å². The molecule has 32 heavy (non-hydrogen) atoms. The standard InChI is InChI=1S/C26H34N2O3S/c1-4-6-10-28-17-20-13-22(30-3)8-7-18(20)12-21(28)16-27-26(29)24-15-23(32-5-2)14-19-9-11-31-25(19)24/h7-8,13-15,21H,4-6,9-12,16-17H2,1-3H3,(H,27,29)/t21-/m0/s1. The van der Waals surface area contributed by atoms with E-state index in [0.717, 1.165) is 66.5 Å². The maximum absolute atomic E-state index is 13.2. The van der Waals surface area contributed by atoms with E-state index in [9.17, 15) is 4.79 Å². The molecule has 2 aliphatic heterocycles. The second-order valence-electron chi connectivity index (χ2n) is 8.52. The smallest absolute Gasteiger partial charge is 0.255 e. The van der Waals surface area contributed by atoms with Crippen molar-refractivity contribution in [2.45, 2.75) is 57.0 Å². The molecule has 1 atom stereocenters. The number of thioether (sulfide) groups is 1. The SMILES string of the molecule is CCCCN1Cc2cc(OC)ccc2C[C@H]1CNC(=O)c1cc(SCC)cc2c1OCC2. The number of nitrogens with zero attached hydrogens (tertiary/aromatic N) is 1. The van der Waals surface area contributed by atoms with Crippen molar-refractivity contribution in [3.8, 4) is 11.5 Å². The number of carbonyl (C=O) groups excluding carboxylic acids is 1. The van der Waals surface area contributed by atoms with Gasteiger partial charge in [0.1, 0.15) is 11.5 Å². The minimum absolute atomic E-state index is 0.0299. The van der Waals surface area contributed by atoms with Gasteiger partial charge in [-0.05, 0) is 66.1 Å². The zero-order valence-corrected chi connectivity index (χ0v) is 20.2. The van der Waals surface area contributed by atoms with Crippen LogP contribution in [0.4, 0.5) is 0 Å². The molecule has 0 saturated heterocycles. The normalized spacial score (nSPS) is 17.4. The molecular weight excluding hydrogens is 420 g/mol. The summed E-state index contributed by atoms with van der Waals surface area (Å²) in [5.74, 6) is 2.63. The summed E-state index contributed by atoms with van der Waals surface area (Å²) < 4.78 is 11.3. The highest BCUT2D eigenvalue weighted by Gasteiger charge is 2.28. The first-order chi connectivity index (χ1) is 15.6. The number of fused-ring (bicyclic) bond motifs is 2. The van der Waals surface area contributed by atoms with Crippen LogP contribution in [0, 0.1) is 0 Å². The summed E-state index contributed by atoms with van der Waals surface area (Å²) in [4.78, 5) is 16.9. The average Bonchev–Trinajstić information content (AvgIpc) is 3.28. The summed E-state index contributed by atoms with van der Waals surface area (Å²) in [5.41, 5.74) is 4.51. The first-order valence-electron chi connectivity index (χ1n) is 11.7. The quantitative estimate of drug-likeness (QED) is 0.557. The Hall–Kier alpha value is -2.18. The minimum atomic E-state index is -0.0299. The Bertz CT molecular complexity index is 962. The van der Waals surface area contributed by atoms with Gasteiger partial charge in [-0.3, -0.25) is 9.69 Å². The van der Waals surface area contributed by atoms with E-state index < -0.39 is 0 Å². The third-order valence-corrected chi connectivity index (χ3v) is 7.23. The maximum atomic E-state index is 13.2. The summed E-state index contributed by atoms with van der Waals surface area (Å²) in [6.45, 7) is 7.58. The molecule has 0 saturated carbocycles. The largest absolute Gasteiger partial charge is 0.497 e.